The number of thiazole rings is 1. The second-order valence-electron chi connectivity index (χ2n) is 4.00. The lowest BCUT2D eigenvalue weighted by Crippen LogP contribution is -2.35. The van der Waals surface area contributed by atoms with Gasteiger partial charge in [-0.05, 0) is 0 Å². The van der Waals surface area contributed by atoms with Crippen LogP contribution >= 0.6 is 11.3 Å². The highest BCUT2D eigenvalue weighted by molar-refractivity contribution is 7.89. The molecule has 98 valence electrons. The van der Waals surface area contributed by atoms with Crippen molar-refractivity contribution in [1.29, 1.82) is 0 Å². The summed E-state index contributed by atoms with van der Waals surface area (Å²) in [5.74, 6) is 0.114. The van der Waals surface area contributed by atoms with E-state index >= 15 is 0 Å². The van der Waals surface area contributed by atoms with Gasteiger partial charge in [-0.1, -0.05) is 13.8 Å². The predicted molar refractivity (Wildman–Crippen MR) is 70.7 cm³/mol. The molecule has 0 saturated carbocycles. The Hall–Kier alpha value is -0.500. The van der Waals surface area contributed by atoms with E-state index in [1.807, 2.05) is 19.2 Å². The normalized spacial score (nSPS) is 12.2. The number of hydrogen-bond acceptors (Lipinski definition) is 5. The molecule has 7 heteroatoms. The molecule has 5 nitrogen and oxygen atoms in total. The summed E-state index contributed by atoms with van der Waals surface area (Å²) in [5, 5.41) is 5.91. The number of rotatable bonds is 8. The first-order chi connectivity index (χ1) is 7.99. The van der Waals surface area contributed by atoms with Crippen LogP contribution in [0.4, 0.5) is 0 Å². The standard InChI is InChI=1S/C10H19N3O2S2/c1-9(2)11-6-8-17(14,15)13-4-3-10-12-5-7-16-10/h5,7,9,11,13H,3-4,6,8H2,1-2H3. The lowest BCUT2D eigenvalue weighted by atomic mass is 10.4. The maximum atomic E-state index is 11.6. The molecule has 1 aromatic rings. The number of nitrogens with zero attached hydrogens (tertiary/aromatic N) is 1. The van der Waals surface area contributed by atoms with Crippen molar-refractivity contribution >= 4 is 21.4 Å². The third-order valence-corrected chi connectivity index (χ3v) is 4.29. The van der Waals surface area contributed by atoms with Gasteiger partial charge in [0.05, 0.1) is 10.8 Å². The van der Waals surface area contributed by atoms with Crippen molar-refractivity contribution in [3.63, 3.8) is 0 Å². The first-order valence-electron chi connectivity index (χ1n) is 5.59. The van der Waals surface area contributed by atoms with Gasteiger partial charge in [0.15, 0.2) is 0 Å². The molecule has 0 unspecified atom stereocenters. The number of hydrogen-bond donors (Lipinski definition) is 2. The first kappa shape index (κ1) is 14.6. The number of sulfonamides is 1. The van der Waals surface area contributed by atoms with Crippen molar-refractivity contribution in [3.8, 4) is 0 Å². The fourth-order valence-electron chi connectivity index (χ4n) is 1.24. The van der Waals surface area contributed by atoms with Gasteiger partial charge in [0.25, 0.3) is 0 Å². The van der Waals surface area contributed by atoms with Crippen LogP contribution in [0.25, 0.3) is 0 Å². The zero-order chi connectivity index (χ0) is 12.7. The minimum absolute atomic E-state index is 0.114. The van der Waals surface area contributed by atoms with E-state index in [1.165, 1.54) is 11.3 Å². The third-order valence-electron chi connectivity index (χ3n) is 2.07. The minimum Gasteiger partial charge on any atom is -0.313 e. The largest absolute Gasteiger partial charge is 0.313 e. The maximum absolute atomic E-state index is 11.6. The summed E-state index contributed by atoms with van der Waals surface area (Å²) in [6.07, 6.45) is 2.37. The monoisotopic (exact) mass is 277 g/mol. The summed E-state index contributed by atoms with van der Waals surface area (Å²) in [6.45, 7) is 4.87. The van der Waals surface area contributed by atoms with E-state index in [4.69, 9.17) is 0 Å². The Morgan fingerprint density at radius 2 is 2.18 bits per heavy atom. The number of aromatic nitrogens is 1. The number of nitrogens with one attached hydrogen (secondary N) is 2. The molecule has 0 amide bonds. The lowest BCUT2D eigenvalue weighted by molar-refractivity contribution is 0.567. The zero-order valence-corrected chi connectivity index (χ0v) is 11.8. The van der Waals surface area contributed by atoms with Gasteiger partial charge in [-0.25, -0.2) is 18.1 Å². The Morgan fingerprint density at radius 3 is 2.76 bits per heavy atom. The van der Waals surface area contributed by atoms with E-state index in [9.17, 15) is 8.42 Å². The smallest absolute Gasteiger partial charge is 0.212 e. The van der Waals surface area contributed by atoms with E-state index in [0.29, 0.717) is 25.6 Å². The Balaban J connectivity index is 2.20. The van der Waals surface area contributed by atoms with Crippen LogP contribution in [0, 0.1) is 0 Å². The molecule has 0 spiro atoms. The SMILES string of the molecule is CC(C)NCCS(=O)(=O)NCCc1nccs1. The summed E-state index contributed by atoms with van der Waals surface area (Å²) in [6, 6.07) is 0.306. The van der Waals surface area contributed by atoms with Crippen LogP contribution < -0.4 is 10.0 Å². The molecular formula is C10H19N3O2S2. The molecule has 2 N–H and O–H groups in total. The van der Waals surface area contributed by atoms with Crippen LogP contribution in [0.5, 0.6) is 0 Å². The van der Waals surface area contributed by atoms with Crippen molar-refractivity contribution in [2.45, 2.75) is 26.3 Å². The Labute approximate surface area is 107 Å². The van der Waals surface area contributed by atoms with Gasteiger partial charge in [0, 0.05) is 37.1 Å². The Bertz CT molecular complexity index is 401. The van der Waals surface area contributed by atoms with Gasteiger partial charge in [-0.2, -0.15) is 0 Å². The highest BCUT2D eigenvalue weighted by atomic mass is 32.2. The summed E-state index contributed by atoms with van der Waals surface area (Å²) >= 11 is 1.54. The van der Waals surface area contributed by atoms with Gasteiger partial charge in [-0.15, -0.1) is 11.3 Å². The lowest BCUT2D eigenvalue weighted by Gasteiger charge is -2.09. The topological polar surface area (TPSA) is 71.1 Å². The molecule has 1 aromatic heterocycles. The molecule has 0 aromatic carbocycles. The van der Waals surface area contributed by atoms with Gasteiger partial charge >= 0.3 is 0 Å². The molecule has 0 fully saturated rings. The summed E-state index contributed by atoms with van der Waals surface area (Å²) in [4.78, 5) is 4.09. The van der Waals surface area contributed by atoms with Gasteiger partial charge in [0.1, 0.15) is 0 Å². The van der Waals surface area contributed by atoms with Gasteiger partial charge in [-0.3, -0.25) is 0 Å². The molecule has 1 rings (SSSR count). The Kier molecular flexibility index (Phi) is 6.04. The second kappa shape index (κ2) is 7.05. The van der Waals surface area contributed by atoms with E-state index in [1.54, 1.807) is 6.20 Å². The molecule has 17 heavy (non-hydrogen) atoms. The molecule has 0 bridgehead atoms. The maximum Gasteiger partial charge on any atom is 0.212 e. The van der Waals surface area contributed by atoms with Crippen LogP contribution in [0.3, 0.4) is 0 Å². The molecular weight excluding hydrogens is 258 g/mol. The predicted octanol–water partition coefficient (Wildman–Crippen LogP) is 0.603. The summed E-state index contributed by atoms with van der Waals surface area (Å²) in [5.41, 5.74) is 0. The van der Waals surface area contributed by atoms with Gasteiger partial charge < -0.3 is 5.32 Å². The van der Waals surface area contributed by atoms with Crippen LogP contribution in [0.15, 0.2) is 11.6 Å². The summed E-state index contributed by atoms with van der Waals surface area (Å²) < 4.78 is 25.7. The second-order valence-corrected chi connectivity index (χ2v) is 6.90. The average Bonchev–Trinajstić information content (AvgIpc) is 2.69. The van der Waals surface area contributed by atoms with E-state index < -0.39 is 10.0 Å². The van der Waals surface area contributed by atoms with E-state index in [0.717, 1.165) is 5.01 Å². The molecule has 0 radical (unpaired) electrons. The van der Waals surface area contributed by atoms with Crippen LogP contribution in [0.1, 0.15) is 18.9 Å². The van der Waals surface area contributed by atoms with Crippen LogP contribution in [-0.4, -0.2) is 38.3 Å². The van der Waals surface area contributed by atoms with Crippen molar-refractivity contribution in [2.75, 3.05) is 18.8 Å². The van der Waals surface area contributed by atoms with Crippen molar-refractivity contribution in [1.82, 2.24) is 15.0 Å². The highest BCUT2D eigenvalue weighted by Crippen LogP contribution is 2.03. The van der Waals surface area contributed by atoms with E-state index in [2.05, 4.69) is 15.0 Å². The van der Waals surface area contributed by atoms with Crippen molar-refractivity contribution < 1.29 is 8.42 Å². The molecule has 0 atom stereocenters. The van der Waals surface area contributed by atoms with E-state index in [-0.39, 0.29) is 5.75 Å². The Morgan fingerprint density at radius 1 is 1.41 bits per heavy atom. The van der Waals surface area contributed by atoms with Crippen molar-refractivity contribution in [2.24, 2.45) is 0 Å². The summed E-state index contributed by atoms with van der Waals surface area (Å²) in [7, 11) is -3.17. The average molecular weight is 277 g/mol. The zero-order valence-electron chi connectivity index (χ0n) is 10.1. The molecule has 0 aliphatic rings. The fourth-order valence-corrected chi connectivity index (χ4v) is 2.81. The molecule has 0 aliphatic carbocycles. The molecule has 0 aliphatic heterocycles. The third kappa shape index (κ3) is 6.72. The molecule has 0 saturated heterocycles. The minimum atomic E-state index is -3.17. The quantitative estimate of drug-likeness (QED) is 0.730. The van der Waals surface area contributed by atoms with Crippen LogP contribution in [-0.2, 0) is 16.4 Å². The van der Waals surface area contributed by atoms with Crippen LogP contribution in [0.2, 0.25) is 0 Å². The molecule has 1 heterocycles. The van der Waals surface area contributed by atoms with Crippen molar-refractivity contribution in [3.05, 3.63) is 16.6 Å². The highest BCUT2D eigenvalue weighted by Gasteiger charge is 2.09. The first-order valence-corrected chi connectivity index (χ1v) is 8.12. The fraction of sp³-hybridized carbons (Fsp3) is 0.700. The van der Waals surface area contributed by atoms with Gasteiger partial charge in [0.2, 0.25) is 10.0 Å².